The van der Waals surface area contributed by atoms with Gasteiger partial charge in [-0.3, -0.25) is 14.4 Å². The molecule has 0 unspecified atom stereocenters. The lowest BCUT2D eigenvalue weighted by atomic mass is 9.93. The van der Waals surface area contributed by atoms with Crippen molar-refractivity contribution in [3.05, 3.63) is 70.0 Å². The fourth-order valence-electron chi connectivity index (χ4n) is 4.31. The highest BCUT2D eigenvalue weighted by atomic mass is 35.5. The van der Waals surface area contributed by atoms with Gasteiger partial charge in [-0.05, 0) is 41.5 Å². The van der Waals surface area contributed by atoms with E-state index >= 15 is 0 Å². The molecule has 1 aliphatic heterocycles. The maximum atomic E-state index is 13.5. The van der Waals surface area contributed by atoms with Gasteiger partial charge in [0.2, 0.25) is 5.91 Å². The molecular weight excluding hydrogens is 511 g/mol. The fourth-order valence-corrected chi connectivity index (χ4v) is 4.31. The quantitative estimate of drug-likeness (QED) is 0.409. The first-order valence-electron chi connectivity index (χ1n) is 11.5. The molecule has 11 heteroatoms. The van der Waals surface area contributed by atoms with Crippen LogP contribution in [-0.2, 0) is 20.5 Å². The van der Waals surface area contributed by atoms with Crippen molar-refractivity contribution in [1.82, 2.24) is 10.3 Å². The van der Waals surface area contributed by atoms with Crippen molar-refractivity contribution in [2.75, 3.05) is 6.61 Å². The molecule has 1 amide bonds. The number of ether oxygens (including phenoxy) is 1. The molecule has 7 nitrogen and oxygen atoms in total. The third-order valence-electron chi connectivity index (χ3n) is 6.40. The number of amides is 1. The first kappa shape index (κ1) is 28.2. The van der Waals surface area contributed by atoms with Gasteiger partial charge in [-0.2, -0.15) is 13.2 Å². The maximum absolute atomic E-state index is 13.5. The van der Waals surface area contributed by atoms with E-state index in [4.69, 9.17) is 10.5 Å². The van der Waals surface area contributed by atoms with Crippen LogP contribution in [0.1, 0.15) is 37.3 Å². The van der Waals surface area contributed by atoms with Crippen molar-refractivity contribution >= 4 is 35.1 Å². The summed E-state index contributed by atoms with van der Waals surface area (Å²) in [5, 5.41) is 3.49. The lowest BCUT2D eigenvalue weighted by Crippen LogP contribution is -2.39. The van der Waals surface area contributed by atoms with Crippen LogP contribution >= 0.6 is 12.4 Å². The average Bonchev–Trinajstić information content (AvgIpc) is 3.21. The van der Waals surface area contributed by atoms with Gasteiger partial charge in [-0.25, -0.2) is 0 Å². The minimum Gasteiger partial charge on any atom is -0.462 e. The van der Waals surface area contributed by atoms with Crippen molar-refractivity contribution in [2.45, 2.75) is 44.4 Å². The molecule has 0 saturated carbocycles. The van der Waals surface area contributed by atoms with Gasteiger partial charge in [-0.1, -0.05) is 44.2 Å². The Hall–Kier alpha value is -3.37. The number of aromatic amines is 1. The van der Waals surface area contributed by atoms with Gasteiger partial charge in [-0.15, -0.1) is 12.4 Å². The summed E-state index contributed by atoms with van der Waals surface area (Å²) in [7, 11) is 0. The Bertz CT molecular complexity index is 1370. The van der Waals surface area contributed by atoms with Crippen molar-refractivity contribution in [3.63, 3.8) is 0 Å². The van der Waals surface area contributed by atoms with Gasteiger partial charge < -0.3 is 20.8 Å². The number of hydrogen-bond acceptors (Lipinski definition) is 5. The Morgan fingerprint density at radius 1 is 1.14 bits per heavy atom. The average molecular weight is 538 g/mol. The van der Waals surface area contributed by atoms with E-state index in [1.165, 1.54) is 24.3 Å². The molecular formula is C26H27ClF3N3O4. The summed E-state index contributed by atoms with van der Waals surface area (Å²) >= 11 is 0. The molecule has 3 atom stereocenters. The predicted molar refractivity (Wildman–Crippen MR) is 135 cm³/mol. The molecule has 1 aliphatic rings. The monoisotopic (exact) mass is 537 g/mol. The number of H-pyrrole nitrogens is 1. The van der Waals surface area contributed by atoms with Crippen LogP contribution in [0.3, 0.4) is 0 Å². The van der Waals surface area contributed by atoms with Crippen molar-refractivity contribution < 1.29 is 27.5 Å². The number of aromatic nitrogens is 1. The predicted octanol–water partition coefficient (Wildman–Crippen LogP) is 4.13. The first-order valence-corrected chi connectivity index (χ1v) is 11.5. The van der Waals surface area contributed by atoms with Gasteiger partial charge in [0.1, 0.15) is 12.6 Å². The van der Waals surface area contributed by atoms with E-state index < -0.39 is 41.3 Å². The zero-order valence-electron chi connectivity index (χ0n) is 20.1. The molecule has 4 N–H and O–H groups in total. The van der Waals surface area contributed by atoms with E-state index in [9.17, 15) is 27.6 Å². The summed E-state index contributed by atoms with van der Waals surface area (Å²) < 4.78 is 45.6. The Labute approximate surface area is 217 Å². The minimum atomic E-state index is -4.58. The van der Waals surface area contributed by atoms with Crippen molar-refractivity contribution in [3.8, 4) is 11.3 Å². The van der Waals surface area contributed by atoms with Crippen LogP contribution in [0.25, 0.3) is 22.0 Å². The smallest absolute Gasteiger partial charge is 0.417 e. The number of hydrogen-bond donors (Lipinski definition) is 3. The molecule has 198 valence electrons. The van der Waals surface area contributed by atoms with Crippen LogP contribution in [-0.4, -0.2) is 35.6 Å². The van der Waals surface area contributed by atoms with Crippen molar-refractivity contribution in [1.29, 1.82) is 0 Å². The van der Waals surface area contributed by atoms with Gasteiger partial charge in [0.25, 0.3) is 5.56 Å². The number of alkyl halides is 3. The van der Waals surface area contributed by atoms with Gasteiger partial charge in [0.15, 0.2) is 0 Å². The largest absolute Gasteiger partial charge is 0.462 e. The number of nitrogens with two attached hydrogens (primary N) is 1. The van der Waals surface area contributed by atoms with Crippen LogP contribution in [0.15, 0.2) is 53.3 Å². The molecule has 0 spiro atoms. The summed E-state index contributed by atoms with van der Waals surface area (Å²) in [6.45, 7) is 3.59. The van der Waals surface area contributed by atoms with E-state index in [0.717, 1.165) is 6.07 Å². The van der Waals surface area contributed by atoms with Crippen LogP contribution in [0.4, 0.5) is 13.2 Å². The normalized spacial score (nSPS) is 18.4. The van der Waals surface area contributed by atoms with Crippen LogP contribution in [0.2, 0.25) is 0 Å². The van der Waals surface area contributed by atoms with Crippen LogP contribution < -0.4 is 16.6 Å². The van der Waals surface area contributed by atoms with E-state index in [2.05, 4.69) is 10.3 Å². The topological polar surface area (TPSA) is 114 Å². The Balaban J connectivity index is 0.00000380. The van der Waals surface area contributed by atoms with Gasteiger partial charge >= 0.3 is 12.1 Å². The molecule has 0 radical (unpaired) electrons. The number of fused-ring (bicyclic) bond motifs is 1. The Morgan fingerprint density at radius 2 is 1.84 bits per heavy atom. The first-order chi connectivity index (χ1) is 17.0. The van der Waals surface area contributed by atoms with Gasteiger partial charge in [0.05, 0.1) is 17.5 Å². The number of rotatable bonds is 6. The summed E-state index contributed by atoms with van der Waals surface area (Å²) in [4.78, 5) is 40.0. The molecule has 2 heterocycles. The second-order valence-corrected chi connectivity index (χ2v) is 9.30. The number of halogens is 4. The maximum Gasteiger partial charge on any atom is 0.417 e. The summed E-state index contributed by atoms with van der Waals surface area (Å²) in [5.41, 5.74) is 4.88. The number of benzene rings is 2. The lowest BCUT2D eigenvalue weighted by molar-refractivity contribution is -0.147. The number of esters is 1. The second kappa shape index (κ2) is 10.9. The molecule has 2 aromatic carbocycles. The molecule has 1 aromatic heterocycles. The molecule has 0 bridgehead atoms. The van der Waals surface area contributed by atoms with Crippen LogP contribution in [0, 0.1) is 5.92 Å². The number of carbonyl (C=O) groups is 2. The fraction of sp³-hybridized carbons (Fsp3) is 0.346. The molecule has 1 fully saturated rings. The molecule has 4 rings (SSSR count). The van der Waals surface area contributed by atoms with Crippen LogP contribution in [0.5, 0.6) is 0 Å². The van der Waals surface area contributed by atoms with Gasteiger partial charge in [0, 0.05) is 16.6 Å². The van der Waals surface area contributed by atoms with E-state index in [1.807, 2.05) is 0 Å². The van der Waals surface area contributed by atoms with E-state index in [1.54, 1.807) is 32.0 Å². The highest BCUT2D eigenvalue weighted by Crippen LogP contribution is 2.37. The lowest BCUT2D eigenvalue weighted by Gasteiger charge is -2.16. The third-order valence-corrected chi connectivity index (χ3v) is 6.40. The SMILES string of the molecule is CC(C)[C@H](N)C(=O)OC[C@@H]1C[C@@H](c2ccc3cc(-c4ccccc4C(F)(F)F)[nH]c(=O)c3c2)C(=O)N1.Cl. The summed E-state index contributed by atoms with van der Waals surface area (Å²) in [6.07, 6.45) is -4.23. The van der Waals surface area contributed by atoms with E-state index in [0.29, 0.717) is 17.4 Å². The standard InChI is InChI=1S/C26H26F3N3O4.ClH/c1-13(2)22(30)25(35)36-12-16-11-19(23(33)31-16)14-7-8-15-10-21(32-24(34)18(15)9-14)17-5-3-4-6-20(17)26(27,28)29;/h3-10,13,16,19,22H,11-12,30H2,1-2H3,(H,31,33)(H,32,34);1H/t16-,19-,22-;/m0./s1. The van der Waals surface area contributed by atoms with E-state index in [-0.39, 0.29) is 47.5 Å². The molecule has 1 saturated heterocycles. The number of carbonyl (C=O) groups excluding carboxylic acids is 2. The highest BCUT2D eigenvalue weighted by Gasteiger charge is 2.35. The molecule has 3 aromatic rings. The van der Waals surface area contributed by atoms with Crippen molar-refractivity contribution in [2.24, 2.45) is 11.7 Å². The number of pyridine rings is 1. The molecule has 0 aliphatic carbocycles. The highest BCUT2D eigenvalue weighted by molar-refractivity contribution is 5.90. The summed E-state index contributed by atoms with van der Waals surface area (Å²) in [6, 6.07) is 10.2. The Morgan fingerprint density at radius 3 is 2.51 bits per heavy atom. The zero-order chi connectivity index (χ0) is 26.2. The number of nitrogens with one attached hydrogen (secondary N) is 2. The summed E-state index contributed by atoms with van der Waals surface area (Å²) in [5.74, 6) is -1.46. The molecule has 37 heavy (non-hydrogen) atoms. The second-order valence-electron chi connectivity index (χ2n) is 9.30. The minimum absolute atomic E-state index is 0. The zero-order valence-corrected chi connectivity index (χ0v) is 20.9. The third kappa shape index (κ3) is 5.97. The Kier molecular flexibility index (Phi) is 8.34.